The number of hydrogen-bond donors (Lipinski definition) is 2. The van der Waals surface area contributed by atoms with E-state index in [4.69, 9.17) is 0 Å². The summed E-state index contributed by atoms with van der Waals surface area (Å²) in [5, 5.41) is 7.50. The lowest BCUT2D eigenvalue weighted by molar-refractivity contribution is 0.325. The molecule has 1 heterocycles. The maximum Gasteiger partial charge on any atom is 0.0198 e. The Bertz CT molecular complexity index is 223. The van der Waals surface area contributed by atoms with Crippen LogP contribution in [0.25, 0.3) is 0 Å². The summed E-state index contributed by atoms with van der Waals surface area (Å²) in [4.78, 5) is 0. The van der Waals surface area contributed by atoms with Crippen LogP contribution in [0.5, 0.6) is 0 Å². The molecule has 3 unspecified atom stereocenters. The lowest BCUT2D eigenvalue weighted by atomic mass is 9.85. The van der Waals surface area contributed by atoms with Gasteiger partial charge in [-0.2, -0.15) is 0 Å². The van der Waals surface area contributed by atoms with Gasteiger partial charge in [-0.25, -0.2) is 0 Å². The van der Waals surface area contributed by atoms with Gasteiger partial charge >= 0.3 is 0 Å². The average Bonchev–Trinajstić information content (AvgIpc) is 3.07. The standard InChI is InChI=1S/C15H28N2/c1-2-6-15-13(5-1)10-14(17-15)11-16-9-3-4-12-7-8-12/h12-17H,1-11H2. The second kappa shape index (κ2) is 5.71. The summed E-state index contributed by atoms with van der Waals surface area (Å²) < 4.78 is 0. The molecule has 0 spiro atoms. The van der Waals surface area contributed by atoms with Crippen molar-refractivity contribution in [2.75, 3.05) is 13.1 Å². The summed E-state index contributed by atoms with van der Waals surface area (Å²) >= 11 is 0. The van der Waals surface area contributed by atoms with Crippen LogP contribution in [0.2, 0.25) is 0 Å². The van der Waals surface area contributed by atoms with Gasteiger partial charge in [-0.05, 0) is 50.5 Å². The quantitative estimate of drug-likeness (QED) is 0.693. The first kappa shape index (κ1) is 12.0. The molecule has 2 nitrogen and oxygen atoms in total. The Morgan fingerprint density at radius 2 is 1.94 bits per heavy atom. The maximum atomic E-state index is 3.84. The van der Waals surface area contributed by atoms with Crippen molar-refractivity contribution in [2.24, 2.45) is 11.8 Å². The fraction of sp³-hybridized carbons (Fsp3) is 1.00. The van der Waals surface area contributed by atoms with Gasteiger partial charge in [0.15, 0.2) is 0 Å². The highest BCUT2D eigenvalue weighted by molar-refractivity contribution is 4.93. The Balaban J connectivity index is 1.27. The highest BCUT2D eigenvalue weighted by Crippen LogP contribution is 2.34. The third-order valence-corrected chi connectivity index (χ3v) is 5.00. The molecule has 0 aromatic rings. The number of rotatable bonds is 6. The van der Waals surface area contributed by atoms with Crippen LogP contribution >= 0.6 is 0 Å². The van der Waals surface area contributed by atoms with E-state index < -0.39 is 0 Å². The number of fused-ring (bicyclic) bond motifs is 1. The summed E-state index contributed by atoms with van der Waals surface area (Å²) in [6, 6.07) is 1.63. The van der Waals surface area contributed by atoms with Crippen LogP contribution < -0.4 is 10.6 Å². The van der Waals surface area contributed by atoms with Crippen molar-refractivity contribution < 1.29 is 0 Å². The van der Waals surface area contributed by atoms with E-state index in [9.17, 15) is 0 Å². The molecule has 3 rings (SSSR count). The zero-order chi connectivity index (χ0) is 11.5. The van der Waals surface area contributed by atoms with Crippen LogP contribution in [0.3, 0.4) is 0 Å². The molecule has 98 valence electrons. The first-order valence-electron chi connectivity index (χ1n) is 7.88. The molecular formula is C15H28N2. The zero-order valence-corrected chi connectivity index (χ0v) is 11.1. The van der Waals surface area contributed by atoms with Gasteiger partial charge in [-0.3, -0.25) is 0 Å². The van der Waals surface area contributed by atoms with E-state index in [-0.39, 0.29) is 0 Å². The van der Waals surface area contributed by atoms with Crippen LogP contribution in [0, 0.1) is 11.8 Å². The largest absolute Gasteiger partial charge is 0.315 e. The summed E-state index contributed by atoms with van der Waals surface area (Å²) in [7, 11) is 0. The smallest absolute Gasteiger partial charge is 0.0198 e. The Kier molecular flexibility index (Phi) is 4.02. The summed E-state index contributed by atoms with van der Waals surface area (Å²) in [5.41, 5.74) is 0. The molecule has 0 bridgehead atoms. The van der Waals surface area contributed by atoms with Crippen molar-refractivity contribution >= 4 is 0 Å². The van der Waals surface area contributed by atoms with Crippen molar-refractivity contribution in [2.45, 2.75) is 69.9 Å². The maximum absolute atomic E-state index is 3.84. The zero-order valence-electron chi connectivity index (χ0n) is 11.1. The van der Waals surface area contributed by atoms with Gasteiger partial charge in [-0.1, -0.05) is 25.7 Å². The molecule has 1 saturated heterocycles. The minimum Gasteiger partial charge on any atom is -0.315 e. The van der Waals surface area contributed by atoms with Crippen molar-refractivity contribution in [3.8, 4) is 0 Å². The molecule has 2 heteroatoms. The molecule has 3 atom stereocenters. The highest BCUT2D eigenvalue weighted by atomic mass is 15.0. The van der Waals surface area contributed by atoms with Crippen molar-refractivity contribution in [3.05, 3.63) is 0 Å². The Morgan fingerprint density at radius 1 is 1.06 bits per heavy atom. The third kappa shape index (κ3) is 3.45. The first-order chi connectivity index (χ1) is 8.42. The number of nitrogens with one attached hydrogen (secondary N) is 2. The SMILES string of the molecule is C(CNCC1CC2CCCCC2N1)CC1CC1. The van der Waals surface area contributed by atoms with Gasteiger partial charge in [0.1, 0.15) is 0 Å². The van der Waals surface area contributed by atoms with E-state index in [0.29, 0.717) is 0 Å². The predicted molar refractivity (Wildman–Crippen MR) is 72.1 cm³/mol. The van der Waals surface area contributed by atoms with Gasteiger partial charge in [0.05, 0.1) is 0 Å². The first-order valence-corrected chi connectivity index (χ1v) is 7.88. The van der Waals surface area contributed by atoms with Crippen molar-refractivity contribution in [1.82, 2.24) is 10.6 Å². The number of hydrogen-bond acceptors (Lipinski definition) is 2. The topological polar surface area (TPSA) is 24.1 Å². The normalized spacial score (nSPS) is 37.1. The lowest BCUT2D eigenvalue weighted by Crippen LogP contribution is -2.38. The molecule has 0 amide bonds. The lowest BCUT2D eigenvalue weighted by Gasteiger charge is -2.24. The molecule has 3 fully saturated rings. The van der Waals surface area contributed by atoms with E-state index in [2.05, 4.69) is 10.6 Å². The molecule has 0 radical (unpaired) electrons. The van der Waals surface area contributed by atoms with Gasteiger partial charge in [0.25, 0.3) is 0 Å². The minimum atomic E-state index is 0.768. The molecule has 0 aromatic heterocycles. The molecule has 1 aliphatic heterocycles. The Hall–Kier alpha value is -0.0800. The van der Waals surface area contributed by atoms with Crippen LogP contribution in [-0.2, 0) is 0 Å². The van der Waals surface area contributed by atoms with E-state index in [1.807, 2.05) is 0 Å². The van der Waals surface area contributed by atoms with Gasteiger partial charge in [0, 0.05) is 18.6 Å². The van der Waals surface area contributed by atoms with Crippen LogP contribution in [0.4, 0.5) is 0 Å². The minimum absolute atomic E-state index is 0.768. The fourth-order valence-electron chi connectivity index (χ4n) is 3.79. The van der Waals surface area contributed by atoms with E-state index in [0.717, 1.165) is 23.9 Å². The fourth-order valence-corrected chi connectivity index (χ4v) is 3.79. The molecule has 2 saturated carbocycles. The molecule has 2 N–H and O–H groups in total. The van der Waals surface area contributed by atoms with Crippen molar-refractivity contribution in [3.63, 3.8) is 0 Å². The molecule has 3 aliphatic rings. The van der Waals surface area contributed by atoms with Crippen LogP contribution in [0.1, 0.15) is 57.8 Å². The summed E-state index contributed by atoms with van der Waals surface area (Å²) in [6.45, 7) is 2.45. The Morgan fingerprint density at radius 3 is 2.76 bits per heavy atom. The second-order valence-electron chi connectivity index (χ2n) is 6.54. The highest BCUT2D eigenvalue weighted by Gasteiger charge is 2.34. The summed E-state index contributed by atoms with van der Waals surface area (Å²) in [6.07, 6.45) is 13.2. The average molecular weight is 236 g/mol. The van der Waals surface area contributed by atoms with E-state index in [1.165, 1.54) is 70.9 Å². The van der Waals surface area contributed by atoms with E-state index in [1.54, 1.807) is 0 Å². The predicted octanol–water partition coefficient (Wildman–Crippen LogP) is 2.69. The molecular weight excluding hydrogens is 208 g/mol. The van der Waals surface area contributed by atoms with Crippen LogP contribution in [0.15, 0.2) is 0 Å². The van der Waals surface area contributed by atoms with Gasteiger partial charge in [0.2, 0.25) is 0 Å². The monoisotopic (exact) mass is 236 g/mol. The molecule has 0 aromatic carbocycles. The van der Waals surface area contributed by atoms with Gasteiger partial charge in [-0.15, -0.1) is 0 Å². The van der Waals surface area contributed by atoms with E-state index >= 15 is 0 Å². The van der Waals surface area contributed by atoms with Crippen LogP contribution in [-0.4, -0.2) is 25.2 Å². The molecule has 17 heavy (non-hydrogen) atoms. The van der Waals surface area contributed by atoms with Crippen molar-refractivity contribution in [1.29, 1.82) is 0 Å². The second-order valence-corrected chi connectivity index (χ2v) is 6.54. The molecule has 2 aliphatic carbocycles. The Labute approximate surface area is 106 Å². The summed E-state index contributed by atoms with van der Waals surface area (Å²) in [5.74, 6) is 2.10. The third-order valence-electron chi connectivity index (χ3n) is 5.00. The van der Waals surface area contributed by atoms with Gasteiger partial charge < -0.3 is 10.6 Å².